The van der Waals surface area contributed by atoms with E-state index < -0.39 is 15.7 Å². The standard InChI is InChI=1S/C19H21FN2O2S/c1-22-18-6-5-15(25(23,24)14-4-2-3-13(20)11-14)12-17(18)16-7-9-21-10-8-19(16)22/h2-6,11-12,16,19,21H,7-10H2,1H3/t16-,19-/m1/s1. The van der Waals surface area contributed by atoms with Crippen molar-refractivity contribution >= 4 is 15.5 Å². The van der Waals surface area contributed by atoms with Gasteiger partial charge in [0.05, 0.1) is 9.79 Å². The summed E-state index contributed by atoms with van der Waals surface area (Å²) in [5, 5.41) is 3.42. The lowest BCUT2D eigenvalue weighted by atomic mass is 9.91. The lowest BCUT2D eigenvalue weighted by Gasteiger charge is -2.24. The number of benzene rings is 2. The average Bonchev–Trinajstić information content (AvgIpc) is 2.77. The Kier molecular flexibility index (Phi) is 4.04. The molecule has 0 saturated carbocycles. The van der Waals surface area contributed by atoms with Crippen LogP contribution in [0.2, 0.25) is 0 Å². The number of nitrogens with zero attached hydrogens (tertiary/aromatic N) is 1. The first-order valence-electron chi connectivity index (χ1n) is 8.56. The summed E-state index contributed by atoms with van der Waals surface area (Å²) in [6.07, 6.45) is 2.04. The molecule has 0 bridgehead atoms. The zero-order chi connectivity index (χ0) is 17.6. The van der Waals surface area contributed by atoms with Gasteiger partial charge in [-0.1, -0.05) is 6.07 Å². The van der Waals surface area contributed by atoms with Gasteiger partial charge in [-0.3, -0.25) is 0 Å². The summed E-state index contributed by atoms with van der Waals surface area (Å²) in [5.74, 6) is -0.213. The Morgan fingerprint density at radius 3 is 2.64 bits per heavy atom. The van der Waals surface area contributed by atoms with E-state index in [0.717, 1.165) is 43.2 Å². The van der Waals surface area contributed by atoms with E-state index in [-0.39, 0.29) is 9.79 Å². The molecule has 25 heavy (non-hydrogen) atoms. The maximum atomic E-state index is 13.5. The van der Waals surface area contributed by atoms with Crippen molar-refractivity contribution in [1.82, 2.24) is 5.32 Å². The molecule has 0 aliphatic carbocycles. The highest BCUT2D eigenvalue weighted by molar-refractivity contribution is 7.91. The third-order valence-electron chi connectivity index (χ3n) is 5.41. The van der Waals surface area contributed by atoms with Crippen LogP contribution in [0.25, 0.3) is 0 Å². The molecule has 2 atom stereocenters. The topological polar surface area (TPSA) is 49.4 Å². The fourth-order valence-electron chi connectivity index (χ4n) is 4.12. The number of hydrogen-bond acceptors (Lipinski definition) is 4. The van der Waals surface area contributed by atoms with Crippen molar-refractivity contribution in [2.75, 3.05) is 25.0 Å². The van der Waals surface area contributed by atoms with E-state index in [9.17, 15) is 12.8 Å². The van der Waals surface area contributed by atoms with Gasteiger partial charge in [0.15, 0.2) is 0 Å². The number of likely N-dealkylation sites (N-methyl/N-ethyl adjacent to an activating group) is 1. The van der Waals surface area contributed by atoms with Gasteiger partial charge in [0.25, 0.3) is 0 Å². The van der Waals surface area contributed by atoms with E-state index in [1.807, 2.05) is 6.07 Å². The zero-order valence-electron chi connectivity index (χ0n) is 14.1. The highest BCUT2D eigenvalue weighted by atomic mass is 32.2. The van der Waals surface area contributed by atoms with Gasteiger partial charge in [0.1, 0.15) is 5.82 Å². The molecule has 1 saturated heterocycles. The normalized spacial score (nSPS) is 23.0. The van der Waals surface area contributed by atoms with Gasteiger partial charge in [0.2, 0.25) is 9.84 Å². The minimum atomic E-state index is -3.72. The van der Waals surface area contributed by atoms with Crippen LogP contribution in [-0.4, -0.2) is 34.6 Å². The van der Waals surface area contributed by atoms with Crippen molar-refractivity contribution in [2.24, 2.45) is 0 Å². The molecule has 2 aliphatic heterocycles. The maximum absolute atomic E-state index is 13.5. The first-order valence-corrected chi connectivity index (χ1v) is 10.0. The molecular formula is C19H21FN2O2S. The Bertz CT molecular complexity index is 913. The predicted molar refractivity (Wildman–Crippen MR) is 95.3 cm³/mol. The molecular weight excluding hydrogens is 339 g/mol. The van der Waals surface area contributed by atoms with Gasteiger partial charge >= 0.3 is 0 Å². The molecule has 4 nitrogen and oxygen atoms in total. The van der Waals surface area contributed by atoms with Crippen molar-refractivity contribution in [3.8, 4) is 0 Å². The van der Waals surface area contributed by atoms with Gasteiger partial charge < -0.3 is 10.2 Å². The van der Waals surface area contributed by atoms with Crippen LogP contribution in [0.15, 0.2) is 52.3 Å². The molecule has 2 heterocycles. The maximum Gasteiger partial charge on any atom is 0.206 e. The number of nitrogens with one attached hydrogen (secondary N) is 1. The quantitative estimate of drug-likeness (QED) is 0.895. The smallest absolute Gasteiger partial charge is 0.206 e. The van der Waals surface area contributed by atoms with Crippen LogP contribution in [-0.2, 0) is 9.84 Å². The minimum absolute atomic E-state index is 0.00196. The van der Waals surface area contributed by atoms with Crippen LogP contribution < -0.4 is 10.2 Å². The van der Waals surface area contributed by atoms with Gasteiger partial charge in [0, 0.05) is 24.7 Å². The Morgan fingerprint density at radius 2 is 1.84 bits per heavy atom. The number of sulfone groups is 1. The lowest BCUT2D eigenvalue weighted by Crippen LogP contribution is -2.30. The fraction of sp³-hybridized carbons (Fsp3) is 0.368. The fourth-order valence-corrected chi connectivity index (χ4v) is 5.45. The third-order valence-corrected chi connectivity index (χ3v) is 7.16. The molecule has 2 aromatic rings. The van der Waals surface area contributed by atoms with Crippen LogP contribution >= 0.6 is 0 Å². The highest BCUT2D eigenvalue weighted by Gasteiger charge is 2.37. The summed E-state index contributed by atoms with van der Waals surface area (Å²) in [6, 6.07) is 10.9. The summed E-state index contributed by atoms with van der Waals surface area (Å²) in [5.41, 5.74) is 2.20. The molecule has 2 aliphatic rings. The van der Waals surface area contributed by atoms with Gasteiger partial charge in [-0.15, -0.1) is 0 Å². The number of hydrogen-bond donors (Lipinski definition) is 1. The van der Waals surface area contributed by atoms with E-state index in [0.29, 0.717) is 12.0 Å². The summed E-state index contributed by atoms with van der Waals surface area (Å²) in [6.45, 7) is 1.92. The molecule has 2 aromatic carbocycles. The Morgan fingerprint density at radius 1 is 1.08 bits per heavy atom. The van der Waals surface area contributed by atoms with Crippen LogP contribution in [0.1, 0.15) is 24.3 Å². The molecule has 0 aromatic heterocycles. The monoisotopic (exact) mass is 360 g/mol. The van der Waals surface area contributed by atoms with Gasteiger partial charge in [-0.2, -0.15) is 0 Å². The zero-order valence-corrected chi connectivity index (χ0v) is 14.9. The minimum Gasteiger partial charge on any atom is -0.371 e. The van der Waals surface area contributed by atoms with E-state index in [1.165, 1.54) is 18.2 Å². The first-order chi connectivity index (χ1) is 12.0. The van der Waals surface area contributed by atoms with Crippen LogP contribution in [0.5, 0.6) is 0 Å². The Balaban J connectivity index is 1.78. The molecule has 6 heteroatoms. The van der Waals surface area contributed by atoms with E-state index in [2.05, 4.69) is 17.3 Å². The summed E-state index contributed by atoms with van der Waals surface area (Å²) >= 11 is 0. The molecule has 0 amide bonds. The van der Waals surface area contributed by atoms with Crippen LogP contribution in [0.3, 0.4) is 0 Å². The summed E-state index contributed by atoms with van der Waals surface area (Å²) in [7, 11) is -1.64. The van der Waals surface area contributed by atoms with Crippen molar-refractivity contribution in [1.29, 1.82) is 0 Å². The summed E-state index contributed by atoms with van der Waals surface area (Å²) < 4.78 is 39.3. The second-order valence-electron chi connectivity index (χ2n) is 6.79. The molecule has 4 rings (SSSR count). The van der Waals surface area contributed by atoms with Crippen LogP contribution in [0.4, 0.5) is 10.1 Å². The summed E-state index contributed by atoms with van der Waals surface area (Å²) in [4.78, 5) is 2.51. The number of rotatable bonds is 2. The number of anilines is 1. The highest BCUT2D eigenvalue weighted by Crippen LogP contribution is 2.44. The predicted octanol–water partition coefficient (Wildman–Crippen LogP) is 2.94. The Labute approximate surface area is 147 Å². The molecule has 0 radical (unpaired) electrons. The molecule has 132 valence electrons. The van der Waals surface area contributed by atoms with Gasteiger partial charge in [-0.25, -0.2) is 12.8 Å². The lowest BCUT2D eigenvalue weighted by molar-refractivity contribution is 0.531. The molecule has 1 N–H and O–H groups in total. The molecule has 0 unspecified atom stereocenters. The Hall–Kier alpha value is -1.92. The average molecular weight is 360 g/mol. The number of fused-ring (bicyclic) bond motifs is 3. The SMILES string of the molecule is CN1c2ccc(S(=O)(=O)c3cccc(F)c3)cc2[C@H]2CCNCC[C@H]21. The van der Waals surface area contributed by atoms with Gasteiger partial charge in [-0.05, 0) is 67.9 Å². The molecule has 1 fully saturated rings. The largest absolute Gasteiger partial charge is 0.371 e. The van der Waals surface area contributed by atoms with Crippen molar-refractivity contribution in [2.45, 2.75) is 34.6 Å². The van der Waals surface area contributed by atoms with E-state index >= 15 is 0 Å². The molecule has 0 spiro atoms. The third kappa shape index (κ3) is 2.73. The second kappa shape index (κ2) is 6.11. The number of halogens is 1. The van der Waals surface area contributed by atoms with Crippen molar-refractivity contribution in [3.05, 3.63) is 53.8 Å². The van der Waals surface area contributed by atoms with Crippen molar-refractivity contribution < 1.29 is 12.8 Å². The van der Waals surface area contributed by atoms with E-state index in [1.54, 1.807) is 12.1 Å². The van der Waals surface area contributed by atoms with E-state index in [4.69, 9.17) is 0 Å². The first kappa shape index (κ1) is 16.5. The van der Waals surface area contributed by atoms with Crippen molar-refractivity contribution in [3.63, 3.8) is 0 Å². The second-order valence-corrected chi connectivity index (χ2v) is 8.74. The van der Waals surface area contributed by atoms with Crippen LogP contribution in [0, 0.1) is 5.82 Å².